The molecule has 1 rings (SSSR count). The molecule has 1 aromatic rings. The predicted octanol–water partition coefficient (Wildman–Crippen LogP) is 3.88. The van der Waals surface area contributed by atoms with Gasteiger partial charge in [0, 0.05) is 23.3 Å². The Morgan fingerprint density at radius 1 is 1.20 bits per heavy atom. The van der Waals surface area contributed by atoms with Gasteiger partial charge in [-0.1, -0.05) is 6.07 Å². The van der Waals surface area contributed by atoms with E-state index in [1.54, 1.807) is 27.8 Å². The Labute approximate surface area is 116 Å². The van der Waals surface area contributed by atoms with Crippen molar-refractivity contribution in [1.29, 1.82) is 0 Å². The predicted molar refractivity (Wildman–Crippen MR) is 72.4 cm³/mol. The Kier molecular flexibility index (Phi) is 5.39. The van der Waals surface area contributed by atoms with E-state index in [0.717, 1.165) is 0 Å². The van der Waals surface area contributed by atoms with Crippen LogP contribution in [-0.4, -0.2) is 25.8 Å². The molecule has 0 amide bonds. The maximum atomic E-state index is 14.0. The van der Waals surface area contributed by atoms with E-state index in [0.29, 0.717) is 0 Å². The molecule has 20 heavy (non-hydrogen) atoms. The van der Waals surface area contributed by atoms with Gasteiger partial charge in [0.15, 0.2) is 0 Å². The molecule has 1 aromatic carbocycles. The number of hydrogen-bond acceptors (Lipinski definition) is 2. The molecule has 0 spiro atoms. The monoisotopic (exact) mass is 292 g/mol. The number of nitrogens with one attached hydrogen (secondary N) is 1. The Morgan fingerprint density at radius 2 is 1.80 bits per heavy atom. The highest BCUT2D eigenvalue weighted by molar-refractivity contribution is 5.56. The summed E-state index contributed by atoms with van der Waals surface area (Å²) in [6.45, 7) is 3.93. The third kappa shape index (κ3) is 4.10. The first-order valence-corrected chi connectivity index (χ1v) is 6.46. The smallest absolute Gasteiger partial charge is 0.360 e. The Hall–Kier alpha value is -1.30. The lowest BCUT2D eigenvalue weighted by Gasteiger charge is -2.33. The van der Waals surface area contributed by atoms with Gasteiger partial charge in [-0.2, -0.15) is 13.2 Å². The van der Waals surface area contributed by atoms with Gasteiger partial charge in [-0.05, 0) is 40.0 Å². The highest BCUT2D eigenvalue weighted by atomic mass is 19.4. The fraction of sp³-hybridized carbons (Fsp3) is 0.571. The average Bonchev–Trinajstić information content (AvgIpc) is 2.33. The zero-order valence-electron chi connectivity index (χ0n) is 12.1. The van der Waals surface area contributed by atoms with Crippen LogP contribution in [0.25, 0.3) is 0 Å². The molecular weight excluding hydrogens is 272 g/mol. The second kappa shape index (κ2) is 6.43. The van der Waals surface area contributed by atoms with Crippen molar-refractivity contribution < 1.29 is 17.6 Å². The van der Waals surface area contributed by atoms with Crippen LogP contribution in [0.5, 0.6) is 0 Å². The summed E-state index contributed by atoms with van der Waals surface area (Å²) in [4.78, 5) is 1.17. The fourth-order valence-electron chi connectivity index (χ4n) is 2.09. The molecule has 0 heterocycles. The van der Waals surface area contributed by atoms with Crippen LogP contribution in [0.15, 0.2) is 18.2 Å². The van der Waals surface area contributed by atoms with Gasteiger partial charge in [0.05, 0.1) is 0 Å². The van der Waals surface area contributed by atoms with Crippen LogP contribution in [0.2, 0.25) is 0 Å². The molecule has 0 saturated carbocycles. The van der Waals surface area contributed by atoms with E-state index in [4.69, 9.17) is 0 Å². The number of rotatable bonds is 5. The number of anilines is 1. The lowest BCUT2D eigenvalue weighted by molar-refractivity contribution is -0.120. The largest absolute Gasteiger partial charge is 0.405 e. The summed E-state index contributed by atoms with van der Waals surface area (Å²) in [5, 5.41) is 2.87. The van der Waals surface area contributed by atoms with E-state index in [9.17, 15) is 17.6 Å². The molecule has 0 bridgehead atoms. The average molecular weight is 292 g/mol. The van der Waals surface area contributed by atoms with Crippen LogP contribution < -0.4 is 10.2 Å². The molecule has 0 aliphatic rings. The second-order valence-corrected chi connectivity index (χ2v) is 5.02. The molecule has 2 nitrogen and oxygen atoms in total. The molecule has 114 valence electrons. The number of benzene rings is 1. The van der Waals surface area contributed by atoms with Crippen molar-refractivity contribution in [3.8, 4) is 0 Å². The van der Waals surface area contributed by atoms with Crippen molar-refractivity contribution in [3.63, 3.8) is 0 Å². The zero-order chi connectivity index (χ0) is 15.5. The summed E-state index contributed by atoms with van der Waals surface area (Å²) >= 11 is 0. The van der Waals surface area contributed by atoms with Crippen molar-refractivity contribution in [2.24, 2.45) is 0 Å². The van der Waals surface area contributed by atoms with Gasteiger partial charge in [0.25, 0.3) is 0 Å². The van der Waals surface area contributed by atoms with Crippen molar-refractivity contribution in [2.45, 2.75) is 39.0 Å². The van der Waals surface area contributed by atoms with E-state index in [2.05, 4.69) is 5.32 Å². The highest BCUT2D eigenvalue weighted by Gasteiger charge is 2.33. The molecule has 6 heteroatoms. The molecule has 0 saturated heterocycles. The molecule has 0 aliphatic heterocycles. The van der Waals surface area contributed by atoms with Crippen molar-refractivity contribution >= 4 is 5.69 Å². The Balaban J connectivity index is 3.30. The van der Waals surface area contributed by atoms with Gasteiger partial charge in [-0.25, -0.2) is 4.39 Å². The standard InChI is InChI=1S/C14H20F4N2/c1-9(2)20(8-14(16,17)18)12-7-5-6-11(15)13(12)10(3)19-4/h5-7,9-10,19H,8H2,1-4H3. The first-order valence-electron chi connectivity index (χ1n) is 6.46. The van der Waals surface area contributed by atoms with Gasteiger partial charge >= 0.3 is 6.18 Å². The van der Waals surface area contributed by atoms with Crippen LogP contribution in [0.3, 0.4) is 0 Å². The first kappa shape index (κ1) is 16.8. The summed E-state index contributed by atoms with van der Waals surface area (Å²) in [5.74, 6) is -0.503. The van der Waals surface area contributed by atoms with Gasteiger partial charge in [-0.15, -0.1) is 0 Å². The topological polar surface area (TPSA) is 15.3 Å². The van der Waals surface area contributed by atoms with Crippen LogP contribution in [-0.2, 0) is 0 Å². The highest BCUT2D eigenvalue weighted by Crippen LogP contribution is 2.32. The van der Waals surface area contributed by atoms with E-state index in [1.165, 1.54) is 23.1 Å². The third-order valence-corrected chi connectivity index (χ3v) is 3.18. The quantitative estimate of drug-likeness (QED) is 0.828. The van der Waals surface area contributed by atoms with Crippen LogP contribution >= 0.6 is 0 Å². The minimum atomic E-state index is -4.34. The molecule has 1 atom stereocenters. The van der Waals surface area contributed by atoms with Crippen molar-refractivity contribution in [1.82, 2.24) is 5.32 Å². The van der Waals surface area contributed by atoms with Gasteiger partial charge < -0.3 is 10.2 Å². The van der Waals surface area contributed by atoms with Crippen LogP contribution in [0.1, 0.15) is 32.4 Å². The minimum absolute atomic E-state index is 0.257. The summed E-state index contributed by atoms with van der Waals surface area (Å²) < 4.78 is 52.1. The lowest BCUT2D eigenvalue weighted by Crippen LogP contribution is -2.40. The number of hydrogen-bond donors (Lipinski definition) is 1. The third-order valence-electron chi connectivity index (χ3n) is 3.18. The molecule has 0 radical (unpaired) electrons. The first-order chi connectivity index (χ1) is 9.17. The Morgan fingerprint density at radius 3 is 2.25 bits per heavy atom. The molecule has 0 aliphatic carbocycles. The SMILES string of the molecule is CNC(C)c1c(F)cccc1N(CC(F)(F)F)C(C)C. The van der Waals surface area contributed by atoms with Crippen LogP contribution in [0, 0.1) is 5.82 Å². The molecule has 0 fully saturated rings. The van der Waals surface area contributed by atoms with E-state index >= 15 is 0 Å². The molecule has 1 unspecified atom stereocenters. The molecular formula is C14H20F4N2. The summed E-state index contributed by atoms with van der Waals surface area (Å²) in [5.41, 5.74) is 0.534. The maximum absolute atomic E-state index is 14.0. The molecule has 0 aromatic heterocycles. The second-order valence-electron chi connectivity index (χ2n) is 5.02. The number of alkyl halides is 3. The van der Waals surface area contributed by atoms with Gasteiger partial charge in [0.1, 0.15) is 12.4 Å². The van der Waals surface area contributed by atoms with Crippen LogP contribution in [0.4, 0.5) is 23.2 Å². The minimum Gasteiger partial charge on any atom is -0.360 e. The normalized spacial score (nSPS) is 13.7. The van der Waals surface area contributed by atoms with Crippen molar-refractivity contribution in [3.05, 3.63) is 29.6 Å². The Bertz CT molecular complexity index is 443. The van der Waals surface area contributed by atoms with E-state index in [-0.39, 0.29) is 23.3 Å². The van der Waals surface area contributed by atoms with Gasteiger partial charge in [-0.3, -0.25) is 0 Å². The van der Waals surface area contributed by atoms with Gasteiger partial charge in [0.2, 0.25) is 0 Å². The van der Waals surface area contributed by atoms with E-state index < -0.39 is 18.5 Å². The number of halogens is 4. The van der Waals surface area contributed by atoms with Crippen molar-refractivity contribution in [2.75, 3.05) is 18.5 Å². The molecule has 1 N–H and O–H groups in total. The summed E-state index contributed by atoms with van der Waals surface area (Å²) in [6.07, 6.45) is -4.34. The maximum Gasteiger partial charge on any atom is 0.405 e. The fourth-order valence-corrected chi connectivity index (χ4v) is 2.09. The lowest BCUT2D eigenvalue weighted by atomic mass is 10.0. The summed E-state index contributed by atoms with van der Waals surface area (Å²) in [7, 11) is 1.64. The zero-order valence-corrected chi connectivity index (χ0v) is 12.1. The van der Waals surface area contributed by atoms with E-state index in [1.807, 2.05) is 0 Å². The summed E-state index contributed by atoms with van der Waals surface area (Å²) in [6, 6.07) is 3.46. The number of nitrogens with zero attached hydrogens (tertiary/aromatic N) is 1.